The predicted molar refractivity (Wildman–Crippen MR) is 108 cm³/mol. The summed E-state index contributed by atoms with van der Waals surface area (Å²) in [4.78, 5) is 12.5. The normalized spacial score (nSPS) is 11.4. The van der Waals surface area contributed by atoms with Crippen molar-refractivity contribution in [2.24, 2.45) is 0 Å². The first kappa shape index (κ1) is 19.7. The number of carbonyl (C=O) groups excluding carboxylic acids is 1. The fourth-order valence-corrected chi connectivity index (χ4v) is 3.72. The van der Waals surface area contributed by atoms with E-state index >= 15 is 0 Å². The lowest BCUT2D eigenvalue weighted by molar-refractivity contribution is 0.102. The monoisotopic (exact) mass is 399 g/mol. The summed E-state index contributed by atoms with van der Waals surface area (Å²) < 4.78 is 33.2. The Morgan fingerprint density at radius 2 is 1.68 bits per heavy atom. The van der Waals surface area contributed by atoms with Crippen LogP contribution in [0.15, 0.2) is 71.9 Å². The number of anilines is 1. The summed E-state index contributed by atoms with van der Waals surface area (Å²) in [5, 5.41) is 2.73. The minimum Gasteiger partial charge on any atom is -0.495 e. The fraction of sp³-hybridized carbons (Fsp3) is 0.150. The van der Waals surface area contributed by atoms with E-state index in [0.29, 0.717) is 11.3 Å². The third kappa shape index (κ3) is 3.92. The maximum atomic E-state index is 12.6. The summed E-state index contributed by atoms with van der Waals surface area (Å²) in [6, 6.07) is 15.4. The van der Waals surface area contributed by atoms with Crippen LogP contribution in [0.4, 0.5) is 5.69 Å². The number of carbonyl (C=O) groups is 1. The smallest absolute Gasteiger partial charge is 0.255 e. The van der Waals surface area contributed by atoms with Gasteiger partial charge in [0.25, 0.3) is 5.91 Å². The number of amides is 1. The van der Waals surface area contributed by atoms with E-state index < -0.39 is 10.0 Å². The minimum atomic E-state index is -3.72. The largest absolute Gasteiger partial charge is 0.495 e. The van der Waals surface area contributed by atoms with E-state index in [2.05, 4.69) is 5.32 Å². The molecule has 0 aliphatic heterocycles. The molecule has 146 valence electrons. The third-order valence-electron chi connectivity index (χ3n) is 4.21. The molecule has 7 nitrogen and oxygen atoms in total. The molecule has 1 N–H and O–H groups in total. The van der Waals surface area contributed by atoms with Crippen molar-refractivity contribution in [2.75, 3.05) is 26.5 Å². The van der Waals surface area contributed by atoms with Gasteiger partial charge >= 0.3 is 0 Å². The standard InChI is InChI=1S/C20H21N3O4S/c1-22(2)28(25,26)19-14-16(8-11-18(19)27-3)21-20(24)15-6-9-17(10-7-15)23-12-4-5-13-23/h4-14H,1-3H3,(H,21,24). The molecule has 1 heterocycles. The lowest BCUT2D eigenvalue weighted by atomic mass is 10.2. The van der Waals surface area contributed by atoms with Gasteiger partial charge in [0.15, 0.2) is 0 Å². The predicted octanol–water partition coefficient (Wildman–Crippen LogP) is 2.99. The molecular weight excluding hydrogens is 378 g/mol. The Kier molecular flexibility index (Phi) is 5.53. The molecule has 8 heteroatoms. The number of rotatable bonds is 6. The molecule has 3 rings (SSSR count). The van der Waals surface area contributed by atoms with Gasteiger partial charge in [0.1, 0.15) is 10.6 Å². The van der Waals surface area contributed by atoms with Gasteiger partial charge in [-0.3, -0.25) is 4.79 Å². The zero-order chi connectivity index (χ0) is 20.3. The molecule has 2 aromatic carbocycles. The van der Waals surface area contributed by atoms with Gasteiger partial charge in [0.2, 0.25) is 10.0 Å². The fourth-order valence-electron chi connectivity index (χ4n) is 2.65. The second kappa shape index (κ2) is 7.87. The Bertz CT molecular complexity index is 1070. The number of benzene rings is 2. The Morgan fingerprint density at radius 1 is 1.04 bits per heavy atom. The van der Waals surface area contributed by atoms with Crippen LogP contribution < -0.4 is 10.1 Å². The van der Waals surface area contributed by atoms with E-state index in [4.69, 9.17) is 4.74 Å². The molecule has 1 aromatic heterocycles. The SMILES string of the molecule is COc1ccc(NC(=O)c2ccc(-n3cccc3)cc2)cc1S(=O)(=O)N(C)C. The average molecular weight is 399 g/mol. The van der Waals surface area contributed by atoms with E-state index in [-0.39, 0.29) is 16.6 Å². The third-order valence-corrected chi connectivity index (χ3v) is 6.05. The number of hydrogen-bond acceptors (Lipinski definition) is 4. The molecule has 0 saturated heterocycles. The molecule has 0 aliphatic rings. The Balaban J connectivity index is 1.84. The number of methoxy groups -OCH3 is 1. The van der Waals surface area contributed by atoms with Crippen molar-refractivity contribution in [3.63, 3.8) is 0 Å². The number of sulfonamides is 1. The molecule has 0 unspecified atom stereocenters. The Hall–Kier alpha value is -3.10. The highest BCUT2D eigenvalue weighted by molar-refractivity contribution is 7.89. The number of hydrogen-bond donors (Lipinski definition) is 1. The molecule has 28 heavy (non-hydrogen) atoms. The van der Waals surface area contributed by atoms with Crippen molar-refractivity contribution in [1.29, 1.82) is 0 Å². The van der Waals surface area contributed by atoms with Crippen LogP contribution in [0.25, 0.3) is 5.69 Å². The second-order valence-corrected chi connectivity index (χ2v) is 8.36. The van der Waals surface area contributed by atoms with Gasteiger partial charge in [-0.25, -0.2) is 12.7 Å². The number of nitrogens with one attached hydrogen (secondary N) is 1. The van der Waals surface area contributed by atoms with Gasteiger partial charge in [-0.05, 0) is 54.6 Å². The highest BCUT2D eigenvalue weighted by Gasteiger charge is 2.23. The molecule has 0 saturated carbocycles. The lowest BCUT2D eigenvalue weighted by Gasteiger charge is -2.16. The summed E-state index contributed by atoms with van der Waals surface area (Å²) in [5.74, 6) is -0.125. The molecule has 0 fully saturated rings. The van der Waals surface area contributed by atoms with Crippen LogP contribution in [0.2, 0.25) is 0 Å². The topological polar surface area (TPSA) is 80.6 Å². The van der Waals surface area contributed by atoms with Crippen molar-refractivity contribution in [3.8, 4) is 11.4 Å². The van der Waals surface area contributed by atoms with E-state index in [9.17, 15) is 13.2 Å². The van der Waals surface area contributed by atoms with Gasteiger partial charge in [0, 0.05) is 43.4 Å². The van der Waals surface area contributed by atoms with Crippen LogP contribution in [0.3, 0.4) is 0 Å². The molecular formula is C20H21N3O4S. The molecule has 0 atom stereocenters. The first-order valence-electron chi connectivity index (χ1n) is 8.48. The summed E-state index contributed by atoms with van der Waals surface area (Å²) in [6.07, 6.45) is 3.83. The van der Waals surface area contributed by atoms with E-state index in [1.165, 1.54) is 33.3 Å². The van der Waals surface area contributed by atoms with Crippen LogP contribution in [0.5, 0.6) is 5.75 Å². The van der Waals surface area contributed by atoms with Crippen LogP contribution >= 0.6 is 0 Å². The number of aromatic nitrogens is 1. The summed E-state index contributed by atoms with van der Waals surface area (Å²) >= 11 is 0. The lowest BCUT2D eigenvalue weighted by Crippen LogP contribution is -2.23. The number of ether oxygens (including phenoxy) is 1. The van der Waals surface area contributed by atoms with Crippen molar-refractivity contribution in [3.05, 3.63) is 72.6 Å². The average Bonchev–Trinajstić information content (AvgIpc) is 3.22. The first-order valence-corrected chi connectivity index (χ1v) is 9.92. The minimum absolute atomic E-state index is 0.0132. The Morgan fingerprint density at radius 3 is 2.25 bits per heavy atom. The summed E-state index contributed by atoms with van der Waals surface area (Å²) in [5.41, 5.74) is 1.76. The first-order chi connectivity index (χ1) is 13.3. The van der Waals surface area contributed by atoms with E-state index in [1.54, 1.807) is 18.2 Å². The van der Waals surface area contributed by atoms with Gasteiger partial charge in [-0.2, -0.15) is 0 Å². The highest BCUT2D eigenvalue weighted by atomic mass is 32.2. The van der Waals surface area contributed by atoms with Crippen LogP contribution in [0, 0.1) is 0 Å². The summed E-state index contributed by atoms with van der Waals surface area (Å²) in [7, 11) is 0.552. The zero-order valence-corrected chi connectivity index (χ0v) is 16.6. The van der Waals surface area contributed by atoms with Gasteiger partial charge < -0.3 is 14.6 Å². The molecule has 0 radical (unpaired) electrons. The van der Waals surface area contributed by atoms with E-state index in [1.807, 2.05) is 41.2 Å². The number of nitrogens with zero attached hydrogens (tertiary/aromatic N) is 2. The molecule has 0 spiro atoms. The maximum Gasteiger partial charge on any atom is 0.255 e. The zero-order valence-electron chi connectivity index (χ0n) is 15.8. The van der Waals surface area contributed by atoms with Gasteiger partial charge in [-0.1, -0.05) is 0 Å². The highest BCUT2D eigenvalue weighted by Crippen LogP contribution is 2.29. The van der Waals surface area contributed by atoms with Crippen molar-refractivity contribution >= 4 is 21.6 Å². The van der Waals surface area contributed by atoms with Crippen LogP contribution in [-0.2, 0) is 10.0 Å². The molecule has 1 amide bonds. The summed E-state index contributed by atoms with van der Waals surface area (Å²) in [6.45, 7) is 0. The molecule has 3 aromatic rings. The van der Waals surface area contributed by atoms with Crippen molar-refractivity contribution in [1.82, 2.24) is 8.87 Å². The van der Waals surface area contributed by atoms with E-state index in [0.717, 1.165) is 9.99 Å². The Labute approximate surface area is 164 Å². The van der Waals surface area contributed by atoms with Crippen molar-refractivity contribution in [2.45, 2.75) is 4.90 Å². The van der Waals surface area contributed by atoms with Crippen LogP contribution in [0.1, 0.15) is 10.4 Å². The van der Waals surface area contributed by atoms with Crippen LogP contribution in [-0.4, -0.2) is 44.4 Å². The van der Waals surface area contributed by atoms with Gasteiger partial charge in [-0.15, -0.1) is 0 Å². The van der Waals surface area contributed by atoms with Gasteiger partial charge in [0.05, 0.1) is 7.11 Å². The molecule has 0 bridgehead atoms. The second-order valence-electron chi connectivity index (χ2n) is 6.24. The maximum absolute atomic E-state index is 12.6. The molecule has 0 aliphatic carbocycles. The van der Waals surface area contributed by atoms with Crippen molar-refractivity contribution < 1.29 is 17.9 Å². The quantitative estimate of drug-likeness (QED) is 0.691.